The third-order valence-electron chi connectivity index (χ3n) is 7.04. The summed E-state index contributed by atoms with van der Waals surface area (Å²) in [5.74, 6) is 0.209. The number of ether oxygens (including phenoxy) is 1. The Morgan fingerprint density at radius 2 is 2.12 bits per heavy atom. The lowest BCUT2D eigenvalue weighted by atomic mass is 9.96. The number of carbonyl (C=O) groups is 1. The van der Waals surface area contributed by atoms with Gasteiger partial charge in [-0.2, -0.15) is 0 Å². The average molecular weight is 498 g/mol. The molecule has 2 fully saturated rings. The quantitative estimate of drug-likeness (QED) is 0.349. The van der Waals surface area contributed by atoms with Crippen molar-refractivity contribution in [3.8, 4) is 0 Å². The van der Waals surface area contributed by atoms with Gasteiger partial charge in [0.2, 0.25) is 5.91 Å². The molecule has 1 atom stereocenters. The maximum Gasteiger partial charge on any atom is 0.263 e. The van der Waals surface area contributed by atoms with Crippen molar-refractivity contribution < 1.29 is 9.53 Å². The van der Waals surface area contributed by atoms with Crippen molar-refractivity contribution in [2.75, 3.05) is 18.9 Å². The standard InChI is InChI=1S/C26H31N3O3S2/c1-3-20-17(2)34-23-22(20)24(31)29(14-19-10-7-13-32-19)25(28-23)33-15-21(30)27-16-26(11-12-26)18-8-5-4-6-9-18/h4-6,8-9,19H,3,7,10-16H2,1-2H3,(H,27,30). The third-order valence-corrected chi connectivity index (χ3v) is 9.06. The first kappa shape index (κ1) is 23.6. The number of thioether (sulfide) groups is 1. The molecule has 3 heterocycles. The Labute approximate surface area is 208 Å². The van der Waals surface area contributed by atoms with Gasteiger partial charge in [0.15, 0.2) is 5.16 Å². The Morgan fingerprint density at radius 3 is 2.79 bits per heavy atom. The highest BCUT2D eigenvalue weighted by Gasteiger charge is 2.44. The van der Waals surface area contributed by atoms with Crippen molar-refractivity contribution >= 4 is 39.2 Å². The van der Waals surface area contributed by atoms with Crippen LogP contribution in [-0.2, 0) is 27.9 Å². The summed E-state index contributed by atoms with van der Waals surface area (Å²) in [6, 6.07) is 10.4. The third kappa shape index (κ3) is 4.68. The molecule has 1 amide bonds. The monoisotopic (exact) mass is 497 g/mol. The Morgan fingerprint density at radius 1 is 1.32 bits per heavy atom. The van der Waals surface area contributed by atoms with Gasteiger partial charge in [-0.05, 0) is 50.2 Å². The second kappa shape index (κ2) is 9.84. The van der Waals surface area contributed by atoms with Crippen LogP contribution in [0.1, 0.15) is 48.6 Å². The average Bonchev–Trinajstić information content (AvgIpc) is 3.32. The minimum Gasteiger partial charge on any atom is -0.376 e. The molecule has 34 heavy (non-hydrogen) atoms. The summed E-state index contributed by atoms with van der Waals surface area (Å²) in [5, 5.41) is 4.46. The predicted octanol–water partition coefficient (Wildman–Crippen LogP) is 4.45. The van der Waals surface area contributed by atoms with E-state index in [-0.39, 0.29) is 28.7 Å². The molecular weight excluding hydrogens is 466 g/mol. The van der Waals surface area contributed by atoms with Gasteiger partial charge >= 0.3 is 0 Å². The number of rotatable bonds is 9. The topological polar surface area (TPSA) is 73.2 Å². The van der Waals surface area contributed by atoms with Crippen LogP contribution in [0.4, 0.5) is 0 Å². The number of fused-ring (bicyclic) bond motifs is 1. The molecule has 180 valence electrons. The Bertz CT molecular complexity index is 1240. The van der Waals surface area contributed by atoms with Crippen LogP contribution in [0.15, 0.2) is 40.3 Å². The van der Waals surface area contributed by atoms with Crippen LogP contribution in [0.5, 0.6) is 0 Å². The highest BCUT2D eigenvalue weighted by Crippen LogP contribution is 2.47. The summed E-state index contributed by atoms with van der Waals surface area (Å²) in [6.45, 7) is 6.00. The van der Waals surface area contributed by atoms with E-state index >= 15 is 0 Å². The van der Waals surface area contributed by atoms with E-state index in [9.17, 15) is 9.59 Å². The van der Waals surface area contributed by atoms with E-state index in [1.165, 1.54) is 17.3 Å². The second-order valence-corrected chi connectivity index (χ2v) is 11.5. The fourth-order valence-corrected chi connectivity index (χ4v) is 6.87. The lowest BCUT2D eigenvalue weighted by Crippen LogP contribution is -2.34. The van der Waals surface area contributed by atoms with Crippen molar-refractivity contribution in [1.82, 2.24) is 14.9 Å². The van der Waals surface area contributed by atoms with Gasteiger partial charge in [0.1, 0.15) is 4.83 Å². The van der Waals surface area contributed by atoms with Crippen LogP contribution in [0.2, 0.25) is 0 Å². The number of carbonyl (C=O) groups excluding carboxylic acids is 1. The maximum atomic E-state index is 13.6. The van der Waals surface area contributed by atoms with Gasteiger partial charge in [-0.1, -0.05) is 49.0 Å². The van der Waals surface area contributed by atoms with Crippen LogP contribution in [0, 0.1) is 6.92 Å². The first-order chi connectivity index (χ1) is 16.5. The van der Waals surface area contributed by atoms with Crippen molar-refractivity contribution in [2.45, 2.75) is 69.2 Å². The minimum atomic E-state index is -0.0261. The van der Waals surface area contributed by atoms with E-state index in [0.29, 0.717) is 18.2 Å². The van der Waals surface area contributed by atoms with Gasteiger partial charge in [-0.25, -0.2) is 4.98 Å². The summed E-state index contributed by atoms with van der Waals surface area (Å²) >= 11 is 2.92. The number of hydrogen-bond acceptors (Lipinski definition) is 6. The largest absolute Gasteiger partial charge is 0.376 e. The van der Waals surface area contributed by atoms with E-state index < -0.39 is 0 Å². The Kier molecular flexibility index (Phi) is 6.82. The maximum absolute atomic E-state index is 13.6. The number of aryl methyl sites for hydroxylation is 2. The van der Waals surface area contributed by atoms with E-state index in [0.717, 1.165) is 59.4 Å². The number of aromatic nitrogens is 2. The molecular formula is C26H31N3O3S2. The van der Waals surface area contributed by atoms with Gasteiger partial charge in [0.05, 0.1) is 23.8 Å². The van der Waals surface area contributed by atoms with Gasteiger partial charge in [0.25, 0.3) is 5.56 Å². The molecule has 1 unspecified atom stereocenters. The van der Waals surface area contributed by atoms with Gasteiger partial charge in [-0.3, -0.25) is 14.2 Å². The molecule has 0 spiro atoms. The van der Waals surface area contributed by atoms with Gasteiger partial charge in [0, 0.05) is 23.4 Å². The molecule has 2 aliphatic rings. The molecule has 1 aliphatic carbocycles. The number of benzene rings is 1. The molecule has 3 aromatic rings. The van der Waals surface area contributed by atoms with Crippen molar-refractivity contribution in [3.63, 3.8) is 0 Å². The first-order valence-corrected chi connectivity index (χ1v) is 13.9. The van der Waals surface area contributed by atoms with Crippen LogP contribution in [0.25, 0.3) is 10.2 Å². The van der Waals surface area contributed by atoms with Crippen LogP contribution in [0.3, 0.4) is 0 Å². The zero-order valence-corrected chi connectivity index (χ0v) is 21.4. The lowest BCUT2D eigenvalue weighted by Gasteiger charge is -2.17. The number of hydrogen-bond donors (Lipinski definition) is 1. The summed E-state index contributed by atoms with van der Waals surface area (Å²) in [6.07, 6.45) is 4.99. The number of nitrogens with zero attached hydrogens (tertiary/aromatic N) is 2. The number of nitrogens with one attached hydrogen (secondary N) is 1. The minimum absolute atomic E-state index is 0.00869. The van der Waals surface area contributed by atoms with Crippen LogP contribution in [-0.4, -0.2) is 40.5 Å². The number of thiophene rings is 1. The van der Waals surface area contributed by atoms with Crippen LogP contribution < -0.4 is 10.9 Å². The fourth-order valence-electron chi connectivity index (χ4n) is 4.88. The molecule has 1 saturated carbocycles. The van der Waals surface area contributed by atoms with Gasteiger partial charge in [-0.15, -0.1) is 11.3 Å². The Balaban J connectivity index is 1.33. The normalized spacial score (nSPS) is 18.9. The molecule has 0 radical (unpaired) electrons. The summed E-state index contributed by atoms with van der Waals surface area (Å²) in [4.78, 5) is 33.1. The SMILES string of the molecule is CCc1c(C)sc2nc(SCC(=O)NCC3(c4ccccc4)CC3)n(CC3CCCO3)c(=O)c12. The zero-order valence-electron chi connectivity index (χ0n) is 19.8. The molecule has 5 rings (SSSR count). The van der Waals surface area contributed by atoms with Crippen molar-refractivity contribution in [2.24, 2.45) is 0 Å². The summed E-state index contributed by atoms with van der Waals surface area (Å²) in [5.41, 5.74) is 2.44. The van der Waals surface area contributed by atoms with Crippen molar-refractivity contribution in [1.29, 1.82) is 0 Å². The molecule has 6 nitrogen and oxygen atoms in total. The molecule has 2 aromatic heterocycles. The molecule has 1 N–H and O–H groups in total. The molecule has 0 bridgehead atoms. The fraction of sp³-hybridized carbons (Fsp3) is 0.500. The zero-order chi connectivity index (χ0) is 23.7. The Hall–Kier alpha value is -2.16. The van der Waals surface area contributed by atoms with Crippen LogP contribution >= 0.6 is 23.1 Å². The van der Waals surface area contributed by atoms with E-state index in [1.807, 2.05) is 6.07 Å². The highest BCUT2D eigenvalue weighted by atomic mass is 32.2. The lowest BCUT2D eigenvalue weighted by molar-refractivity contribution is -0.118. The predicted molar refractivity (Wildman–Crippen MR) is 138 cm³/mol. The first-order valence-electron chi connectivity index (χ1n) is 12.1. The summed E-state index contributed by atoms with van der Waals surface area (Å²) in [7, 11) is 0. The van der Waals surface area contributed by atoms with E-state index in [2.05, 4.69) is 43.4 Å². The summed E-state index contributed by atoms with van der Waals surface area (Å²) < 4.78 is 7.56. The molecule has 1 saturated heterocycles. The number of amides is 1. The van der Waals surface area contributed by atoms with E-state index in [1.54, 1.807) is 15.9 Å². The van der Waals surface area contributed by atoms with Crippen molar-refractivity contribution in [3.05, 3.63) is 56.7 Å². The van der Waals surface area contributed by atoms with Gasteiger partial charge < -0.3 is 10.1 Å². The molecule has 1 aliphatic heterocycles. The van der Waals surface area contributed by atoms with E-state index in [4.69, 9.17) is 9.72 Å². The smallest absolute Gasteiger partial charge is 0.263 e. The highest BCUT2D eigenvalue weighted by molar-refractivity contribution is 7.99. The molecule has 8 heteroatoms. The molecule has 1 aromatic carbocycles. The second-order valence-electron chi connectivity index (χ2n) is 9.33.